The zero-order chi connectivity index (χ0) is 24.5. The summed E-state index contributed by atoms with van der Waals surface area (Å²) < 4.78 is 0. The third kappa shape index (κ3) is 3.87. The molecule has 2 aliphatic rings. The second-order valence-corrected chi connectivity index (χ2v) is 8.56. The molecule has 0 spiro atoms. The highest BCUT2D eigenvalue weighted by atomic mass is 16.2. The van der Waals surface area contributed by atoms with E-state index < -0.39 is 0 Å². The van der Waals surface area contributed by atoms with Gasteiger partial charge < -0.3 is 0 Å². The van der Waals surface area contributed by atoms with Crippen LogP contribution in [0.4, 0.5) is 5.69 Å². The number of anilines is 1. The molecule has 5 heteroatoms. The lowest BCUT2D eigenvalue weighted by atomic mass is 9.92. The molecule has 1 amide bonds. The van der Waals surface area contributed by atoms with Crippen molar-refractivity contribution in [3.05, 3.63) is 143 Å². The summed E-state index contributed by atoms with van der Waals surface area (Å²) >= 11 is 0. The molecule has 0 radical (unpaired) electrons. The first-order chi connectivity index (χ1) is 17.7. The third-order valence-corrected chi connectivity index (χ3v) is 6.26. The van der Waals surface area contributed by atoms with Crippen LogP contribution in [0.15, 0.2) is 125 Å². The molecule has 172 valence electrons. The summed E-state index contributed by atoms with van der Waals surface area (Å²) in [4.78, 5) is 36.8. The van der Waals surface area contributed by atoms with Crippen LogP contribution >= 0.6 is 0 Å². The highest BCUT2D eigenvalue weighted by molar-refractivity contribution is 6.33. The molecule has 2 heterocycles. The molecule has 0 aromatic heterocycles. The molecule has 0 fully saturated rings. The summed E-state index contributed by atoms with van der Waals surface area (Å²) in [6.45, 7) is 0.136. The van der Waals surface area contributed by atoms with Gasteiger partial charge in [-0.3, -0.25) is 19.5 Å². The Kier molecular flexibility index (Phi) is 5.43. The fraction of sp³-hybridized carbons (Fsp3) is 0.0323. The normalized spacial score (nSPS) is 16.1. The smallest absolute Gasteiger partial charge is 0.282 e. The van der Waals surface area contributed by atoms with E-state index in [-0.39, 0.29) is 18.2 Å². The van der Waals surface area contributed by atoms with Gasteiger partial charge >= 0.3 is 0 Å². The lowest BCUT2D eigenvalue weighted by molar-refractivity contribution is -0.113. The van der Waals surface area contributed by atoms with Crippen molar-refractivity contribution >= 4 is 35.0 Å². The molecular weight excluding hydrogens is 446 g/mol. The summed E-state index contributed by atoms with van der Waals surface area (Å²) in [6, 6.07) is 34.6. The van der Waals surface area contributed by atoms with Gasteiger partial charge in [-0.1, -0.05) is 97.1 Å². The predicted molar refractivity (Wildman–Crippen MR) is 143 cm³/mol. The molecule has 36 heavy (non-hydrogen) atoms. The molecule has 0 bridgehead atoms. The van der Waals surface area contributed by atoms with Gasteiger partial charge in [-0.25, -0.2) is 4.99 Å². The number of ketones is 1. The number of Topliss-reactive ketones (excluding diaryl/α,β-unsaturated/α-hetero) is 1. The molecule has 4 aromatic rings. The Morgan fingerprint density at radius 1 is 0.667 bits per heavy atom. The first-order valence-corrected chi connectivity index (χ1v) is 11.7. The van der Waals surface area contributed by atoms with Gasteiger partial charge in [-0.15, -0.1) is 0 Å². The highest BCUT2D eigenvalue weighted by Crippen LogP contribution is 2.29. The van der Waals surface area contributed by atoms with E-state index in [9.17, 15) is 9.59 Å². The van der Waals surface area contributed by atoms with Gasteiger partial charge in [0.2, 0.25) is 0 Å². The van der Waals surface area contributed by atoms with Gasteiger partial charge in [0.05, 0.1) is 11.4 Å². The molecule has 6 rings (SSSR count). The number of hydrogen-bond donors (Lipinski definition) is 0. The van der Waals surface area contributed by atoms with Crippen molar-refractivity contribution in [1.29, 1.82) is 0 Å². The van der Waals surface area contributed by atoms with E-state index in [1.165, 1.54) is 0 Å². The van der Waals surface area contributed by atoms with Crippen molar-refractivity contribution in [2.75, 3.05) is 11.4 Å². The minimum Gasteiger partial charge on any atom is -0.292 e. The largest absolute Gasteiger partial charge is 0.292 e. The second kappa shape index (κ2) is 9.04. The number of benzene rings is 4. The van der Waals surface area contributed by atoms with Crippen LogP contribution in [0.5, 0.6) is 0 Å². The maximum absolute atomic E-state index is 13.6. The van der Waals surface area contributed by atoms with Crippen molar-refractivity contribution in [3.63, 3.8) is 0 Å². The van der Waals surface area contributed by atoms with E-state index in [2.05, 4.69) is 4.99 Å². The quantitative estimate of drug-likeness (QED) is 0.369. The van der Waals surface area contributed by atoms with Crippen LogP contribution in [0.2, 0.25) is 0 Å². The van der Waals surface area contributed by atoms with Crippen LogP contribution in [0.25, 0.3) is 6.08 Å². The predicted octanol–water partition coefficient (Wildman–Crippen LogP) is 5.55. The van der Waals surface area contributed by atoms with Crippen LogP contribution in [-0.4, -0.2) is 29.8 Å². The molecule has 2 aliphatic heterocycles. The summed E-state index contributed by atoms with van der Waals surface area (Å²) in [7, 11) is 0. The van der Waals surface area contributed by atoms with Crippen molar-refractivity contribution in [2.45, 2.75) is 0 Å². The first kappa shape index (κ1) is 21.6. The van der Waals surface area contributed by atoms with Gasteiger partial charge in [0.25, 0.3) is 5.91 Å². The highest BCUT2D eigenvalue weighted by Gasteiger charge is 2.32. The maximum Gasteiger partial charge on any atom is 0.282 e. The summed E-state index contributed by atoms with van der Waals surface area (Å²) in [5.74, 6) is 0.424. The molecule has 0 N–H and O–H groups in total. The lowest BCUT2D eigenvalue weighted by Gasteiger charge is -2.20. The van der Waals surface area contributed by atoms with E-state index in [0.29, 0.717) is 22.8 Å². The number of aliphatic imine (C=N–C) groups is 2. The van der Waals surface area contributed by atoms with Crippen molar-refractivity contribution < 1.29 is 9.59 Å². The van der Waals surface area contributed by atoms with Gasteiger partial charge in [-0.05, 0) is 23.8 Å². The number of amidine groups is 1. The molecule has 0 atom stereocenters. The Bertz CT molecular complexity index is 1570. The Balaban J connectivity index is 1.38. The van der Waals surface area contributed by atoms with E-state index >= 15 is 0 Å². The van der Waals surface area contributed by atoms with Gasteiger partial charge in [0.15, 0.2) is 5.78 Å². The fourth-order valence-corrected chi connectivity index (χ4v) is 4.51. The van der Waals surface area contributed by atoms with Crippen LogP contribution in [0.3, 0.4) is 0 Å². The topological polar surface area (TPSA) is 62.1 Å². The number of amides is 1. The van der Waals surface area contributed by atoms with Gasteiger partial charge in [0.1, 0.15) is 18.1 Å². The molecule has 5 nitrogen and oxygen atoms in total. The minimum absolute atomic E-state index is 0.0232. The Labute approximate surface area is 208 Å². The lowest BCUT2D eigenvalue weighted by Crippen LogP contribution is -2.32. The first-order valence-electron chi connectivity index (χ1n) is 11.7. The third-order valence-electron chi connectivity index (χ3n) is 6.26. The monoisotopic (exact) mass is 467 g/mol. The Morgan fingerprint density at radius 2 is 1.31 bits per heavy atom. The number of rotatable bonds is 4. The molecule has 4 aromatic carbocycles. The van der Waals surface area contributed by atoms with Gasteiger partial charge in [-0.2, -0.15) is 0 Å². The Hall–Kier alpha value is -4.90. The van der Waals surface area contributed by atoms with Crippen LogP contribution in [0, 0.1) is 0 Å². The van der Waals surface area contributed by atoms with Crippen LogP contribution in [0.1, 0.15) is 32.6 Å². The Morgan fingerprint density at radius 3 is 2.03 bits per heavy atom. The molecule has 0 unspecified atom stereocenters. The van der Waals surface area contributed by atoms with E-state index in [0.717, 1.165) is 28.0 Å². The minimum atomic E-state index is -0.184. The SMILES string of the molecule is O=C1CN=C(c2ccc(N3C(=O)/C(=C/c4ccccc4)N=C3c3ccccc3)cc2)c2ccccc21. The summed E-state index contributed by atoms with van der Waals surface area (Å²) in [6.07, 6.45) is 1.81. The zero-order valence-electron chi connectivity index (χ0n) is 19.3. The van der Waals surface area contributed by atoms with Gasteiger partial charge in [0, 0.05) is 22.3 Å². The number of hydrogen-bond acceptors (Lipinski definition) is 4. The summed E-state index contributed by atoms with van der Waals surface area (Å²) in [5.41, 5.74) is 6.06. The number of fused-ring (bicyclic) bond motifs is 1. The number of carbonyl (C=O) groups excluding carboxylic acids is 2. The average molecular weight is 468 g/mol. The van der Waals surface area contributed by atoms with E-state index in [1.54, 1.807) is 4.90 Å². The van der Waals surface area contributed by atoms with E-state index in [1.807, 2.05) is 115 Å². The van der Waals surface area contributed by atoms with Crippen molar-refractivity contribution in [1.82, 2.24) is 0 Å². The van der Waals surface area contributed by atoms with Crippen LogP contribution < -0.4 is 4.90 Å². The zero-order valence-corrected chi connectivity index (χ0v) is 19.3. The van der Waals surface area contributed by atoms with Crippen LogP contribution in [-0.2, 0) is 4.79 Å². The second-order valence-electron chi connectivity index (χ2n) is 8.56. The molecule has 0 saturated carbocycles. The number of carbonyl (C=O) groups is 2. The average Bonchev–Trinajstić information content (AvgIpc) is 3.26. The fourth-order valence-electron chi connectivity index (χ4n) is 4.51. The number of nitrogens with zero attached hydrogens (tertiary/aromatic N) is 3. The molecular formula is C31H21N3O2. The maximum atomic E-state index is 13.6. The summed E-state index contributed by atoms with van der Waals surface area (Å²) in [5, 5.41) is 0. The standard InChI is InChI=1S/C31H21N3O2/c35-28-20-32-29(26-14-8-7-13-25(26)28)22-15-17-24(18-16-22)34-30(23-11-5-2-6-12-23)33-27(31(34)36)19-21-9-3-1-4-10-21/h1-19H,20H2/b27-19-. The molecule has 0 aliphatic carbocycles. The van der Waals surface area contributed by atoms with Crippen molar-refractivity contribution in [3.8, 4) is 0 Å². The van der Waals surface area contributed by atoms with E-state index in [4.69, 9.17) is 4.99 Å². The van der Waals surface area contributed by atoms with Crippen molar-refractivity contribution in [2.24, 2.45) is 9.98 Å². The molecule has 0 saturated heterocycles.